The molecule has 0 aliphatic carbocycles. The Hall–Kier alpha value is -2.56. The predicted octanol–water partition coefficient (Wildman–Crippen LogP) is 2.15. The van der Waals surface area contributed by atoms with Crippen LogP contribution in [-0.4, -0.2) is 30.8 Å². The minimum Gasteiger partial charge on any atom is -0.454 e. The van der Waals surface area contributed by atoms with Gasteiger partial charge in [-0.3, -0.25) is 9.59 Å². The minimum absolute atomic E-state index is 0.0810. The van der Waals surface area contributed by atoms with Crippen LogP contribution in [0.5, 0.6) is 0 Å². The number of furan rings is 1. The molecule has 0 saturated heterocycles. The van der Waals surface area contributed by atoms with Gasteiger partial charge in [-0.1, -0.05) is 29.8 Å². The third-order valence-corrected chi connectivity index (χ3v) is 3.19. The standard InChI is InChI=1S/C17H20N2O3/c1-12-5-4-6-13(9-12)10-16(20)18-11-14-7-8-15(22-14)17(21)19(2)3/h4-9H,10-11H2,1-3H3,(H,18,20). The van der Waals surface area contributed by atoms with Gasteiger partial charge in [-0.05, 0) is 24.6 Å². The molecule has 1 aromatic carbocycles. The van der Waals surface area contributed by atoms with Gasteiger partial charge in [0.25, 0.3) is 5.91 Å². The van der Waals surface area contributed by atoms with E-state index in [1.165, 1.54) is 4.90 Å². The molecule has 5 heteroatoms. The molecule has 0 saturated carbocycles. The number of benzene rings is 1. The van der Waals surface area contributed by atoms with Gasteiger partial charge in [0.15, 0.2) is 5.76 Å². The number of carbonyl (C=O) groups is 2. The summed E-state index contributed by atoms with van der Waals surface area (Å²) < 4.78 is 5.42. The summed E-state index contributed by atoms with van der Waals surface area (Å²) in [5.41, 5.74) is 2.10. The smallest absolute Gasteiger partial charge is 0.289 e. The van der Waals surface area contributed by atoms with Gasteiger partial charge < -0.3 is 14.6 Å². The summed E-state index contributed by atoms with van der Waals surface area (Å²) in [5.74, 6) is 0.551. The second-order valence-corrected chi connectivity index (χ2v) is 5.41. The monoisotopic (exact) mass is 300 g/mol. The first kappa shape index (κ1) is 15.8. The highest BCUT2D eigenvalue weighted by Gasteiger charge is 2.13. The number of hydrogen-bond acceptors (Lipinski definition) is 3. The summed E-state index contributed by atoms with van der Waals surface area (Å²) in [7, 11) is 3.32. The van der Waals surface area contributed by atoms with E-state index in [1.54, 1.807) is 26.2 Å². The van der Waals surface area contributed by atoms with Gasteiger partial charge in [0.2, 0.25) is 5.91 Å². The molecule has 2 aromatic rings. The van der Waals surface area contributed by atoms with Gasteiger partial charge in [-0.2, -0.15) is 0 Å². The van der Waals surface area contributed by atoms with Crippen LogP contribution in [0.4, 0.5) is 0 Å². The Labute approximate surface area is 129 Å². The van der Waals surface area contributed by atoms with E-state index in [9.17, 15) is 9.59 Å². The van der Waals surface area contributed by atoms with Crippen LogP contribution in [0.1, 0.15) is 27.4 Å². The van der Waals surface area contributed by atoms with E-state index >= 15 is 0 Å². The van der Waals surface area contributed by atoms with Crippen molar-refractivity contribution < 1.29 is 14.0 Å². The number of amides is 2. The van der Waals surface area contributed by atoms with Crippen LogP contribution in [0, 0.1) is 6.92 Å². The Kier molecular flexibility index (Phi) is 4.99. The molecule has 2 rings (SSSR count). The van der Waals surface area contributed by atoms with E-state index in [2.05, 4.69) is 5.32 Å². The van der Waals surface area contributed by atoms with E-state index in [0.29, 0.717) is 12.2 Å². The van der Waals surface area contributed by atoms with Gasteiger partial charge in [0, 0.05) is 14.1 Å². The van der Waals surface area contributed by atoms with Crippen LogP contribution in [0.3, 0.4) is 0 Å². The molecule has 1 heterocycles. The summed E-state index contributed by atoms with van der Waals surface area (Å²) in [6.07, 6.45) is 0.325. The number of rotatable bonds is 5. The summed E-state index contributed by atoms with van der Waals surface area (Å²) in [4.78, 5) is 25.1. The molecule has 0 atom stereocenters. The minimum atomic E-state index is -0.197. The lowest BCUT2D eigenvalue weighted by Gasteiger charge is -2.07. The van der Waals surface area contributed by atoms with Crippen LogP contribution in [-0.2, 0) is 17.8 Å². The molecular weight excluding hydrogens is 280 g/mol. The lowest BCUT2D eigenvalue weighted by atomic mass is 10.1. The van der Waals surface area contributed by atoms with E-state index in [4.69, 9.17) is 4.42 Å². The van der Waals surface area contributed by atoms with E-state index in [1.807, 2.05) is 31.2 Å². The van der Waals surface area contributed by atoms with Crippen LogP contribution in [0.15, 0.2) is 40.8 Å². The fourth-order valence-corrected chi connectivity index (χ4v) is 2.06. The van der Waals surface area contributed by atoms with Gasteiger partial charge in [0.1, 0.15) is 5.76 Å². The second kappa shape index (κ2) is 6.93. The summed E-state index contributed by atoms with van der Waals surface area (Å²) in [5, 5.41) is 2.79. The molecule has 0 aliphatic heterocycles. The molecule has 1 aromatic heterocycles. The first-order valence-electron chi connectivity index (χ1n) is 7.08. The van der Waals surface area contributed by atoms with Gasteiger partial charge in [0.05, 0.1) is 13.0 Å². The van der Waals surface area contributed by atoms with Crippen molar-refractivity contribution in [2.24, 2.45) is 0 Å². The first-order chi connectivity index (χ1) is 10.5. The van der Waals surface area contributed by atoms with Crippen molar-refractivity contribution in [1.82, 2.24) is 10.2 Å². The Bertz CT molecular complexity index is 674. The topological polar surface area (TPSA) is 62.6 Å². The highest BCUT2D eigenvalue weighted by molar-refractivity contribution is 5.91. The van der Waals surface area contributed by atoms with E-state index in [-0.39, 0.29) is 24.1 Å². The predicted molar refractivity (Wildman–Crippen MR) is 83.5 cm³/mol. The molecule has 0 fully saturated rings. The average molecular weight is 300 g/mol. The Balaban J connectivity index is 1.87. The molecule has 0 unspecified atom stereocenters. The molecule has 116 valence electrons. The summed E-state index contributed by atoms with van der Waals surface area (Å²) >= 11 is 0. The fourth-order valence-electron chi connectivity index (χ4n) is 2.06. The quantitative estimate of drug-likeness (QED) is 0.920. The maximum Gasteiger partial charge on any atom is 0.289 e. The van der Waals surface area contributed by atoms with Crippen molar-refractivity contribution in [2.45, 2.75) is 19.9 Å². The number of hydrogen-bond donors (Lipinski definition) is 1. The van der Waals surface area contributed by atoms with Crippen LogP contribution >= 0.6 is 0 Å². The van der Waals surface area contributed by atoms with Gasteiger partial charge in [-0.25, -0.2) is 0 Å². The van der Waals surface area contributed by atoms with Crippen molar-refractivity contribution in [3.8, 4) is 0 Å². The van der Waals surface area contributed by atoms with Crippen LogP contribution in [0.2, 0.25) is 0 Å². The fraction of sp³-hybridized carbons (Fsp3) is 0.294. The van der Waals surface area contributed by atoms with Crippen molar-refractivity contribution in [2.75, 3.05) is 14.1 Å². The van der Waals surface area contributed by atoms with E-state index in [0.717, 1.165) is 11.1 Å². The number of nitrogens with one attached hydrogen (secondary N) is 1. The normalized spacial score (nSPS) is 10.3. The molecule has 22 heavy (non-hydrogen) atoms. The molecule has 0 spiro atoms. The Morgan fingerprint density at radius 3 is 2.64 bits per heavy atom. The maximum atomic E-state index is 11.9. The van der Waals surface area contributed by atoms with E-state index < -0.39 is 0 Å². The van der Waals surface area contributed by atoms with Gasteiger partial charge in [-0.15, -0.1) is 0 Å². The Morgan fingerprint density at radius 1 is 1.18 bits per heavy atom. The Morgan fingerprint density at radius 2 is 1.95 bits per heavy atom. The largest absolute Gasteiger partial charge is 0.454 e. The van der Waals surface area contributed by atoms with Crippen molar-refractivity contribution in [3.05, 3.63) is 59.0 Å². The SMILES string of the molecule is Cc1cccc(CC(=O)NCc2ccc(C(=O)N(C)C)o2)c1. The lowest BCUT2D eigenvalue weighted by Crippen LogP contribution is -2.24. The second-order valence-electron chi connectivity index (χ2n) is 5.41. The zero-order chi connectivity index (χ0) is 16.1. The molecule has 1 N–H and O–H groups in total. The third kappa shape index (κ3) is 4.22. The third-order valence-electron chi connectivity index (χ3n) is 3.19. The summed E-state index contributed by atoms with van der Waals surface area (Å²) in [6, 6.07) is 11.2. The molecule has 2 amide bonds. The van der Waals surface area contributed by atoms with Crippen LogP contribution in [0.25, 0.3) is 0 Å². The molecular formula is C17H20N2O3. The molecule has 0 radical (unpaired) electrons. The highest BCUT2D eigenvalue weighted by atomic mass is 16.4. The molecule has 5 nitrogen and oxygen atoms in total. The zero-order valence-corrected chi connectivity index (χ0v) is 13.1. The first-order valence-corrected chi connectivity index (χ1v) is 7.08. The number of nitrogens with zero attached hydrogens (tertiary/aromatic N) is 1. The maximum absolute atomic E-state index is 11.9. The van der Waals surface area contributed by atoms with Crippen molar-refractivity contribution in [1.29, 1.82) is 0 Å². The molecule has 0 aliphatic rings. The van der Waals surface area contributed by atoms with Crippen LogP contribution < -0.4 is 5.32 Å². The lowest BCUT2D eigenvalue weighted by molar-refractivity contribution is -0.120. The zero-order valence-electron chi connectivity index (χ0n) is 13.1. The summed E-state index contributed by atoms with van der Waals surface area (Å²) in [6.45, 7) is 2.26. The van der Waals surface area contributed by atoms with Crippen molar-refractivity contribution in [3.63, 3.8) is 0 Å². The average Bonchev–Trinajstić information content (AvgIpc) is 2.93. The van der Waals surface area contributed by atoms with Crippen molar-refractivity contribution >= 4 is 11.8 Å². The van der Waals surface area contributed by atoms with Gasteiger partial charge >= 0.3 is 0 Å². The number of aryl methyl sites for hydroxylation is 1. The molecule has 0 bridgehead atoms. The number of carbonyl (C=O) groups excluding carboxylic acids is 2. The highest BCUT2D eigenvalue weighted by Crippen LogP contribution is 2.10.